The van der Waals surface area contributed by atoms with Crippen LogP contribution in [0.1, 0.15) is 5.56 Å². The fourth-order valence-corrected chi connectivity index (χ4v) is 4.70. The second kappa shape index (κ2) is 8.46. The number of fused-ring (bicyclic) bond motifs is 1. The summed E-state index contributed by atoms with van der Waals surface area (Å²) in [6.07, 6.45) is 2.89. The molecule has 3 aromatic carbocycles. The molecule has 0 aliphatic heterocycles. The van der Waals surface area contributed by atoms with Gasteiger partial charge in [-0.25, -0.2) is 17.5 Å². The average molecular weight is 469 g/mol. The van der Waals surface area contributed by atoms with E-state index in [0.29, 0.717) is 22.6 Å². The number of allylic oxidation sites excluding steroid dienone is 1. The third-order valence-electron chi connectivity index (χ3n) is 5.23. The molecule has 8 heteroatoms. The summed E-state index contributed by atoms with van der Waals surface area (Å²) in [6.45, 7) is 0. The van der Waals surface area contributed by atoms with Gasteiger partial charge in [-0.1, -0.05) is 36.4 Å². The first-order valence-corrected chi connectivity index (χ1v) is 11.7. The van der Waals surface area contributed by atoms with E-state index in [-0.39, 0.29) is 4.90 Å². The summed E-state index contributed by atoms with van der Waals surface area (Å²) in [7, 11) is -4.18. The lowest BCUT2D eigenvalue weighted by atomic mass is 10.2. The van der Waals surface area contributed by atoms with Crippen LogP contribution in [0.2, 0.25) is 0 Å². The highest BCUT2D eigenvalue weighted by atomic mass is 32.2. The molecule has 0 saturated heterocycles. The molecule has 0 bridgehead atoms. The van der Waals surface area contributed by atoms with Crippen molar-refractivity contribution in [2.24, 2.45) is 0 Å². The molecule has 5 rings (SSSR count). The summed E-state index contributed by atoms with van der Waals surface area (Å²) >= 11 is 0. The maximum atomic E-state index is 13.3. The Morgan fingerprint density at radius 3 is 2.41 bits per heavy atom. The molecule has 6 nitrogen and oxygen atoms in total. The smallest absolute Gasteiger partial charge is 0.216 e. The number of furan rings is 1. The monoisotopic (exact) mass is 469 g/mol. The van der Waals surface area contributed by atoms with Gasteiger partial charge in [-0.15, -0.1) is 0 Å². The van der Waals surface area contributed by atoms with Gasteiger partial charge in [0.05, 0.1) is 10.6 Å². The summed E-state index contributed by atoms with van der Waals surface area (Å²) in [5, 5.41) is 15.2. The van der Waals surface area contributed by atoms with Crippen LogP contribution in [-0.2, 0) is 9.84 Å². The zero-order valence-electron chi connectivity index (χ0n) is 17.6. The first kappa shape index (κ1) is 21.4. The molecule has 0 spiro atoms. The average Bonchev–Trinajstić information content (AvgIpc) is 3.47. The second-order valence-electron chi connectivity index (χ2n) is 7.44. The standard InChI is InChI=1S/C26H16FN3O3S/c27-20-10-12-22(13-11-20)34(31,32)23(16-28)14-19-17-30(21-7-2-1-3-8-21)29-26(19)25-15-18-6-4-5-9-24(18)33-25/h1-15,17H. The van der Waals surface area contributed by atoms with Crippen LogP contribution in [0, 0.1) is 17.1 Å². The summed E-state index contributed by atoms with van der Waals surface area (Å²) in [5.74, 6) is -0.142. The van der Waals surface area contributed by atoms with Crippen molar-refractivity contribution in [3.05, 3.63) is 107 Å². The lowest BCUT2D eigenvalue weighted by Crippen LogP contribution is -2.03. The molecule has 0 unspecified atom stereocenters. The number of hydrogen-bond acceptors (Lipinski definition) is 5. The van der Waals surface area contributed by atoms with Gasteiger partial charge >= 0.3 is 0 Å². The molecule has 0 saturated carbocycles. The van der Waals surface area contributed by atoms with Crippen molar-refractivity contribution in [2.45, 2.75) is 4.90 Å². The van der Waals surface area contributed by atoms with Crippen molar-refractivity contribution in [1.29, 1.82) is 5.26 Å². The lowest BCUT2D eigenvalue weighted by Gasteiger charge is -2.03. The normalized spacial score (nSPS) is 12.1. The van der Waals surface area contributed by atoms with Gasteiger partial charge in [0.1, 0.15) is 28.1 Å². The van der Waals surface area contributed by atoms with E-state index in [2.05, 4.69) is 5.10 Å². The Balaban J connectivity index is 1.69. The number of halogens is 1. The van der Waals surface area contributed by atoms with Gasteiger partial charge in [-0.05, 0) is 54.6 Å². The summed E-state index contributed by atoms with van der Waals surface area (Å²) in [4.78, 5) is -0.675. The SMILES string of the molecule is N#CC(=Cc1cn(-c2ccccc2)nc1-c1cc2ccccc2o1)S(=O)(=O)c1ccc(F)cc1. The zero-order valence-corrected chi connectivity index (χ0v) is 18.4. The number of nitriles is 1. The highest BCUT2D eigenvalue weighted by Crippen LogP contribution is 2.32. The van der Waals surface area contributed by atoms with Gasteiger partial charge in [0.2, 0.25) is 9.84 Å². The largest absolute Gasteiger partial charge is 0.454 e. The van der Waals surface area contributed by atoms with Crippen molar-refractivity contribution < 1.29 is 17.2 Å². The summed E-state index contributed by atoms with van der Waals surface area (Å²) < 4.78 is 47.0. The van der Waals surface area contributed by atoms with E-state index in [0.717, 1.165) is 35.3 Å². The van der Waals surface area contributed by atoms with Gasteiger partial charge in [0.25, 0.3) is 0 Å². The Labute approximate surface area is 194 Å². The van der Waals surface area contributed by atoms with Gasteiger partial charge < -0.3 is 4.42 Å². The van der Waals surface area contributed by atoms with E-state index in [9.17, 15) is 18.1 Å². The number of hydrogen-bond donors (Lipinski definition) is 0. The minimum atomic E-state index is -4.18. The minimum absolute atomic E-state index is 0.178. The first-order chi connectivity index (χ1) is 16.5. The zero-order chi connectivity index (χ0) is 23.7. The van der Waals surface area contributed by atoms with Crippen molar-refractivity contribution in [3.8, 4) is 23.2 Å². The van der Waals surface area contributed by atoms with Gasteiger partial charge in [-0.2, -0.15) is 10.4 Å². The molecule has 2 heterocycles. The molecule has 0 atom stereocenters. The quantitative estimate of drug-likeness (QED) is 0.241. The van der Waals surface area contributed by atoms with Gasteiger partial charge in [0, 0.05) is 17.1 Å². The van der Waals surface area contributed by atoms with Crippen molar-refractivity contribution in [3.63, 3.8) is 0 Å². The number of rotatable bonds is 5. The molecule has 166 valence electrons. The Kier molecular flexibility index (Phi) is 5.32. The molecule has 2 aromatic heterocycles. The topological polar surface area (TPSA) is 88.9 Å². The maximum absolute atomic E-state index is 13.3. The van der Waals surface area contributed by atoms with Crippen molar-refractivity contribution in [2.75, 3.05) is 0 Å². The minimum Gasteiger partial charge on any atom is -0.454 e. The number of benzene rings is 3. The number of aromatic nitrogens is 2. The van der Waals surface area contributed by atoms with Crippen LogP contribution < -0.4 is 0 Å². The highest BCUT2D eigenvalue weighted by Gasteiger charge is 2.23. The second-order valence-corrected chi connectivity index (χ2v) is 9.36. The third kappa shape index (κ3) is 3.89. The van der Waals surface area contributed by atoms with E-state index in [1.54, 1.807) is 16.9 Å². The van der Waals surface area contributed by atoms with Gasteiger partial charge in [0.15, 0.2) is 5.76 Å². The summed E-state index contributed by atoms with van der Waals surface area (Å²) in [6, 6.07) is 24.6. The predicted octanol–water partition coefficient (Wildman–Crippen LogP) is 5.76. The van der Waals surface area contributed by atoms with Crippen molar-refractivity contribution in [1.82, 2.24) is 9.78 Å². The predicted molar refractivity (Wildman–Crippen MR) is 126 cm³/mol. The molecule has 0 fully saturated rings. The molecular formula is C26H16FN3O3S. The third-order valence-corrected chi connectivity index (χ3v) is 6.91. The Hall–Kier alpha value is -4.48. The molecule has 0 amide bonds. The van der Waals surface area contributed by atoms with Gasteiger partial charge in [-0.3, -0.25) is 0 Å². The van der Waals surface area contributed by atoms with Crippen LogP contribution in [-0.4, -0.2) is 18.2 Å². The summed E-state index contributed by atoms with van der Waals surface area (Å²) in [5.41, 5.74) is 2.16. The Morgan fingerprint density at radius 2 is 1.71 bits per heavy atom. The number of para-hydroxylation sites is 2. The van der Waals surface area contributed by atoms with E-state index >= 15 is 0 Å². The van der Waals surface area contributed by atoms with Crippen LogP contribution in [0.15, 0.2) is 105 Å². The molecule has 0 aliphatic carbocycles. The molecule has 0 N–H and O–H groups in total. The fraction of sp³-hybridized carbons (Fsp3) is 0. The molecule has 5 aromatic rings. The molecule has 0 aliphatic rings. The van der Waals surface area contributed by atoms with Crippen LogP contribution in [0.25, 0.3) is 34.2 Å². The lowest BCUT2D eigenvalue weighted by molar-refractivity contribution is 0.601. The molecule has 0 radical (unpaired) electrons. The van der Waals surface area contributed by atoms with E-state index in [1.165, 1.54) is 6.08 Å². The fourth-order valence-electron chi connectivity index (χ4n) is 3.55. The molecule has 34 heavy (non-hydrogen) atoms. The molecular weight excluding hydrogens is 453 g/mol. The van der Waals surface area contributed by atoms with Crippen LogP contribution in [0.4, 0.5) is 4.39 Å². The number of sulfone groups is 1. The maximum Gasteiger partial charge on any atom is 0.216 e. The first-order valence-electron chi connectivity index (χ1n) is 10.2. The number of nitrogens with zero attached hydrogens (tertiary/aromatic N) is 3. The Bertz CT molecular complexity index is 1640. The van der Waals surface area contributed by atoms with Crippen molar-refractivity contribution >= 4 is 26.9 Å². The highest BCUT2D eigenvalue weighted by molar-refractivity contribution is 7.95. The van der Waals surface area contributed by atoms with E-state index in [1.807, 2.05) is 60.7 Å². The van der Waals surface area contributed by atoms with E-state index < -0.39 is 20.6 Å². The van der Waals surface area contributed by atoms with Crippen LogP contribution in [0.5, 0.6) is 0 Å². The van der Waals surface area contributed by atoms with Crippen LogP contribution >= 0.6 is 0 Å². The van der Waals surface area contributed by atoms with Crippen LogP contribution in [0.3, 0.4) is 0 Å². The Morgan fingerprint density at radius 1 is 1.00 bits per heavy atom. The van der Waals surface area contributed by atoms with E-state index in [4.69, 9.17) is 4.42 Å².